The van der Waals surface area contributed by atoms with E-state index in [-0.39, 0.29) is 11.2 Å². The summed E-state index contributed by atoms with van der Waals surface area (Å²) in [5.41, 5.74) is 2.21. The summed E-state index contributed by atoms with van der Waals surface area (Å²) in [6, 6.07) is 16.0. The molecule has 0 radical (unpaired) electrons. The summed E-state index contributed by atoms with van der Waals surface area (Å²) in [6.07, 6.45) is 0. The maximum atomic E-state index is 12.9. The van der Waals surface area contributed by atoms with Crippen molar-refractivity contribution in [3.63, 3.8) is 0 Å². The fourth-order valence-electron chi connectivity index (χ4n) is 2.82. The number of hydrogen-bond acceptors (Lipinski definition) is 7. The summed E-state index contributed by atoms with van der Waals surface area (Å²) < 4.78 is 1.05. The summed E-state index contributed by atoms with van der Waals surface area (Å²) in [5.74, 6) is 6.42. The highest BCUT2D eigenvalue weighted by molar-refractivity contribution is 7.98. The lowest BCUT2D eigenvalue weighted by Gasteiger charge is -2.07. The SMILES string of the molecule is Nn1c(SCc2cccc([N+](=O)[O-])c2)nc2scc(-c3ccccc3)c2c1=O. The van der Waals surface area contributed by atoms with Gasteiger partial charge in [-0.1, -0.05) is 54.2 Å². The third-order valence-electron chi connectivity index (χ3n) is 4.18. The molecule has 2 aromatic carbocycles. The number of nitrogen functional groups attached to an aromatic ring is 1. The van der Waals surface area contributed by atoms with E-state index in [1.165, 1.54) is 35.2 Å². The lowest BCUT2D eigenvalue weighted by Crippen LogP contribution is -2.29. The number of nitrogens with zero attached hydrogens (tertiary/aromatic N) is 3. The summed E-state index contributed by atoms with van der Waals surface area (Å²) in [5, 5.41) is 13.7. The minimum atomic E-state index is -0.436. The Morgan fingerprint density at radius 2 is 1.96 bits per heavy atom. The van der Waals surface area contributed by atoms with Crippen LogP contribution in [-0.4, -0.2) is 14.6 Å². The standard InChI is InChI=1S/C19H14N4O3S2/c20-22-18(24)16-15(13-6-2-1-3-7-13)11-27-17(16)21-19(22)28-10-12-5-4-8-14(9-12)23(25)26/h1-9,11H,10,20H2. The minimum Gasteiger partial charge on any atom is -0.334 e. The van der Waals surface area contributed by atoms with Crippen LogP contribution in [0.25, 0.3) is 21.3 Å². The first kappa shape index (κ1) is 18.2. The van der Waals surface area contributed by atoms with Crippen molar-refractivity contribution in [2.24, 2.45) is 0 Å². The molecule has 140 valence electrons. The Bertz CT molecular complexity index is 1240. The van der Waals surface area contributed by atoms with Gasteiger partial charge in [0.05, 0.1) is 10.3 Å². The van der Waals surface area contributed by atoms with Crippen LogP contribution < -0.4 is 11.4 Å². The van der Waals surface area contributed by atoms with Gasteiger partial charge in [0.1, 0.15) is 4.83 Å². The zero-order valence-corrected chi connectivity index (χ0v) is 16.1. The first-order valence-electron chi connectivity index (χ1n) is 8.25. The average Bonchev–Trinajstić information content (AvgIpc) is 3.14. The average molecular weight is 410 g/mol. The Morgan fingerprint density at radius 3 is 2.71 bits per heavy atom. The Hall–Kier alpha value is -3.17. The minimum absolute atomic E-state index is 0.0254. The smallest absolute Gasteiger partial charge is 0.282 e. The molecule has 0 fully saturated rings. The van der Waals surface area contributed by atoms with Gasteiger partial charge in [-0.3, -0.25) is 14.9 Å². The van der Waals surface area contributed by atoms with Crippen molar-refractivity contribution in [1.82, 2.24) is 9.66 Å². The van der Waals surface area contributed by atoms with Crippen LogP contribution in [0.5, 0.6) is 0 Å². The van der Waals surface area contributed by atoms with E-state index in [0.29, 0.717) is 21.1 Å². The number of thioether (sulfide) groups is 1. The van der Waals surface area contributed by atoms with Gasteiger partial charge < -0.3 is 5.84 Å². The molecule has 0 aliphatic heterocycles. The molecule has 0 amide bonds. The van der Waals surface area contributed by atoms with Gasteiger partial charge in [-0.2, -0.15) is 0 Å². The second-order valence-electron chi connectivity index (χ2n) is 5.98. The van der Waals surface area contributed by atoms with Crippen LogP contribution in [-0.2, 0) is 5.75 Å². The number of aromatic nitrogens is 2. The fraction of sp³-hybridized carbons (Fsp3) is 0.0526. The number of nitro groups is 1. The van der Waals surface area contributed by atoms with Crippen molar-refractivity contribution >= 4 is 39.0 Å². The summed E-state index contributed by atoms with van der Waals surface area (Å²) in [4.78, 5) is 28.5. The van der Waals surface area contributed by atoms with Crippen LogP contribution >= 0.6 is 23.1 Å². The molecule has 0 unspecified atom stereocenters. The van der Waals surface area contributed by atoms with E-state index in [4.69, 9.17) is 5.84 Å². The monoisotopic (exact) mass is 410 g/mol. The number of nitro benzene ring substituents is 1. The van der Waals surface area contributed by atoms with Gasteiger partial charge in [0.15, 0.2) is 5.16 Å². The number of non-ortho nitro benzene ring substituents is 1. The van der Waals surface area contributed by atoms with Crippen molar-refractivity contribution in [2.45, 2.75) is 10.9 Å². The fourth-order valence-corrected chi connectivity index (χ4v) is 4.67. The van der Waals surface area contributed by atoms with E-state index in [2.05, 4.69) is 4.98 Å². The number of hydrogen-bond donors (Lipinski definition) is 1. The highest BCUT2D eigenvalue weighted by atomic mass is 32.2. The zero-order chi connectivity index (χ0) is 19.7. The summed E-state index contributed by atoms with van der Waals surface area (Å²) in [6.45, 7) is 0. The zero-order valence-electron chi connectivity index (χ0n) is 14.4. The molecule has 4 aromatic rings. The molecule has 0 aliphatic carbocycles. The molecule has 28 heavy (non-hydrogen) atoms. The molecule has 2 aromatic heterocycles. The van der Waals surface area contributed by atoms with Crippen molar-refractivity contribution in [1.29, 1.82) is 0 Å². The van der Waals surface area contributed by atoms with E-state index in [9.17, 15) is 14.9 Å². The van der Waals surface area contributed by atoms with Crippen molar-refractivity contribution < 1.29 is 4.92 Å². The van der Waals surface area contributed by atoms with Crippen LogP contribution in [0, 0.1) is 10.1 Å². The molecule has 2 N–H and O–H groups in total. The quantitative estimate of drug-likeness (QED) is 0.175. The molecule has 0 saturated carbocycles. The molecule has 4 rings (SSSR count). The number of benzene rings is 2. The second-order valence-corrected chi connectivity index (χ2v) is 7.78. The molecular formula is C19H14N4O3S2. The van der Waals surface area contributed by atoms with Gasteiger partial charge >= 0.3 is 0 Å². The summed E-state index contributed by atoms with van der Waals surface area (Å²) >= 11 is 2.66. The lowest BCUT2D eigenvalue weighted by atomic mass is 10.1. The van der Waals surface area contributed by atoms with Gasteiger partial charge in [0.25, 0.3) is 11.2 Å². The van der Waals surface area contributed by atoms with Crippen LogP contribution in [0.3, 0.4) is 0 Å². The molecule has 2 heterocycles. The first-order valence-corrected chi connectivity index (χ1v) is 10.1. The molecule has 0 spiro atoms. The van der Waals surface area contributed by atoms with Crippen molar-refractivity contribution in [3.05, 3.63) is 86.0 Å². The van der Waals surface area contributed by atoms with Crippen LogP contribution in [0.4, 0.5) is 5.69 Å². The van der Waals surface area contributed by atoms with E-state index < -0.39 is 4.92 Å². The highest BCUT2D eigenvalue weighted by Crippen LogP contribution is 2.32. The Labute approximate surface area is 167 Å². The number of thiophene rings is 1. The topological polar surface area (TPSA) is 104 Å². The molecule has 0 aliphatic rings. The predicted molar refractivity (Wildman–Crippen MR) is 112 cm³/mol. The van der Waals surface area contributed by atoms with E-state index in [0.717, 1.165) is 21.4 Å². The van der Waals surface area contributed by atoms with Crippen molar-refractivity contribution in [2.75, 3.05) is 5.84 Å². The van der Waals surface area contributed by atoms with Gasteiger partial charge in [-0.15, -0.1) is 11.3 Å². The lowest BCUT2D eigenvalue weighted by molar-refractivity contribution is -0.384. The van der Waals surface area contributed by atoms with Gasteiger partial charge in [0.2, 0.25) is 0 Å². The third kappa shape index (κ3) is 3.37. The maximum absolute atomic E-state index is 12.9. The van der Waals surface area contributed by atoms with E-state index in [1.54, 1.807) is 12.1 Å². The molecule has 7 nitrogen and oxygen atoms in total. The Balaban J connectivity index is 1.68. The maximum Gasteiger partial charge on any atom is 0.282 e. The normalized spacial score (nSPS) is 11.0. The first-order chi connectivity index (χ1) is 13.5. The second kappa shape index (κ2) is 7.45. The van der Waals surface area contributed by atoms with Gasteiger partial charge in [0, 0.05) is 28.8 Å². The highest BCUT2D eigenvalue weighted by Gasteiger charge is 2.16. The Kier molecular flexibility index (Phi) is 4.84. The number of nitrogens with two attached hydrogens (primary N) is 1. The molecule has 0 bridgehead atoms. The molecular weight excluding hydrogens is 396 g/mol. The van der Waals surface area contributed by atoms with E-state index in [1.807, 2.05) is 35.7 Å². The van der Waals surface area contributed by atoms with Crippen molar-refractivity contribution in [3.8, 4) is 11.1 Å². The van der Waals surface area contributed by atoms with Gasteiger partial charge in [-0.05, 0) is 11.1 Å². The summed E-state index contributed by atoms with van der Waals surface area (Å²) in [7, 11) is 0. The van der Waals surface area contributed by atoms with Crippen LogP contribution in [0.1, 0.15) is 5.56 Å². The van der Waals surface area contributed by atoms with Gasteiger partial charge in [-0.25, -0.2) is 9.66 Å². The number of fused-ring (bicyclic) bond motifs is 1. The molecule has 0 saturated heterocycles. The van der Waals surface area contributed by atoms with Crippen LogP contribution in [0.15, 0.2) is 69.9 Å². The number of rotatable bonds is 5. The Morgan fingerprint density at radius 1 is 1.18 bits per heavy atom. The largest absolute Gasteiger partial charge is 0.334 e. The molecule has 0 atom stereocenters. The van der Waals surface area contributed by atoms with E-state index >= 15 is 0 Å². The predicted octanol–water partition coefficient (Wildman–Crippen LogP) is 4.04. The van der Waals surface area contributed by atoms with Crippen LogP contribution in [0.2, 0.25) is 0 Å². The molecule has 9 heteroatoms. The third-order valence-corrected chi connectivity index (χ3v) is 6.08.